The number of benzene rings is 1. The van der Waals surface area contributed by atoms with Gasteiger partial charge in [0.05, 0.1) is 29.8 Å². The lowest BCUT2D eigenvalue weighted by Crippen LogP contribution is -2.23. The van der Waals surface area contributed by atoms with Crippen molar-refractivity contribution in [2.45, 2.75) is 43.9 Å². The van der Waals surface area contributed by atoms with Gasteiger partial charge < -0.3 is 9.84 Å². The fourth-order valence-electron chi connectivity index (χ4n) is 1.91. The van der Waals surface area contributed by atoms with Gasteiger partial charge in [0.15, 0.2) is 9.84 Å². The third kappa shape index (κ3) is 3.80. The van der Waals surface area contributed by atoms with Crippen LogP contribution in [-0.2, 0) is 26.0 Å². The van der Waals surface area contributed by atoms with Crippen LogP contribution in [0.5, 0.6) is 0 Å². The van der Waals surface area contributed by atoms with Gasteiger partial charge in [-0.05, 0) is 38.0 Å². The van der Waals surface area contributed by atoms with Crippen LogP contribution in [-0.4, -0.2) is 31.4 Å². The first-order chi connectivity index (χ1) is 9.32. The lowest BCUT2D eigenvalue weighted by molar-refractivity contribution is -0.143. The quantitative estimate of drug-likeness (QED) is 0.807. The Morgan fingerprint density at radius 3 is 2.55 bits per heavy atom. The van der Waals surface area contributed by atoms with Crippen molar-refractivity contribution in [2.75, 3.05) is 6.61 Å². The summed E-state index contributed by atoms with van der Waals surface area (Å²) in [6, 6.07) is 4.67. The van der Waals surface area contributed by atoms with Crippen LogP contribution in [0, 0.1) is 6.92 Å². The van der Waals surface area contributed by atoms with Crippen LogP contribution in [0.3, 0.4) is 0 Å². The van der Waals surface area contributed by atoms with E-state index >= 15 is 0 Å². The Morgan fingerprint density at radius 1 is 1.40 bits per heavy atom. The molecule has 20 heavy (non-hydrogen) atoms. The fraction of sp³-hybridized carbons (Fsp3) is 0.500. The summed E-state index contributed by atoms with van der Waals surface area (Å²) < 4.78 is 29.6. The van der Waals surface area contributed by atoms with Gasteiger partial charge in [0.1, 0.15) is 0 Å². The molecule has 0 aromatic heterocycles. The van der Waals surface area contributed by atoms with Crippen molar-refractivity contribution >= 4 is 15.8 Å². The Bertz CT molecular complexity index is 577. The second-order valence-corrected chi connectivity index (χ2v) is 6.96. The number of aliphatic hydroxyl groups excluding tert-OH is 1. The predicted octanol–water partition coefficient (Wildman–Crippen LogP) is 1.60. The van der Waals surface area contributed by atoms with Crippen molar-refractivity contribution in [3.05, 3.63) is 29.3 Å². The van der Waals surface area contributed by atoms with Crippen LogP contribution < -0.4 is 0 Å². The molecule has 112 valence electrons. The molecule has 0 heterocycles. The highest BCUT2D eigenvalue weighted by Gasteiger charge is 2.27. The first kappa shape index (κ1) is 16.7. The second kappa shape index (κ2) is 6.85. The van der Waals surface area contributed by atoms with Crippen molar-refractivity contribution in [3.8, 4) is 0 Å². The van der Waals surface area contributed by atoms with E-state index in [9.17, 15) is 13.2 Å². The summed E-state index contributed by atoms with van der Waals surface area (Å²) in [5, 5.41) is 8.19. The van der Waals surface area contributed by atoms with E-state index < -0.39 is 21.1 Å². The largest absolute Gasteiger partial charge is 0.466 e. The Labute approximate surface area is 119 Å². The number of carbonyl (C=O) groups excluding carboxylic acids is 1. The zero-order valence-corrected chi connectivity index (χ0v) is 12.7. The van der Waals surface area contributed by atoms with Gasteiger partial charge in [0, 0.05) is 0 Å². The first-order valence-electron chi connectivity index (χ1n) is 6.42. The molecule has 1 aromatic carbocycles. The molecule has 0 saturated heterocycles. The molecule has 0 bridgehead atoms. The third-order valence-corrected chi connectivity index (χ3v) is 5.31. The number of sulfone groups is 1. The van der Waals surface area contributed by atoms with Crippen molar-refractivity contribution in [3.63, 3.8) is 0 Å². The first-order valence-corrected chi connectivity index (χ1v) is 7.97. The molecule has 6 heteroatoms. The predicted molar refractivity (Wildman–Crippen MR) is 75.0 cm³/mol. The Balaban J connectivity index is 3.01. The summed E-state index contributed by atoms with van der Waals surface area (Å²) in [5.74, 6) is -0.520. The molecule has 5 nitrogen and oxygen atoms in total. The van der Waals surface area contributed by atoms with Crippen molar-refractivity contribution in [2.24, 2.45) is 0 Å². The summed E-state index contributed by atoms with van der Waals surface area (Å²) in [6.45, 7) is 4.93. The molecule has 0 aliphatic rings. The van der Waals surface area contributed by atoms with E-state index in [2.05, 4.69) is 0 Å². The zero-order chi connectivity index (χ0) is 15.3. The lowest BCUT2D eigenvalue weighted by Gasteiger charge is -2.14. The fourth-order valence-corrected chi connectivity index (χ4v) is 3.46. The molecule has 1 unspecified atom stereocenters. The molecular weight excluding hydrogens is 280 g/mol. The van der Waals surface area contributed by atoms with Crippen LogP contribution in [0.25, 0.3) is 0 Å². The van der Waals surface area contributed by atoms with Crippen molar-refractivity contribution in [1.29, 1.82) is 0 Å². The summed E-state index contributed by atoms with van der Waals surface area (Å²) in [4.78, 5) is 11.6. The highest BCUT2D eigenvalue weighted by atomic mass is 32.2. The van der Waals surface area contributed by atoms with Crippen LogP contribution in [0.2, 0.25) is 0 Å². The number of carbonyl (C=O) groups is 1. The molecule has 0 spiro atoms. The van der Waals surface area contributed by atoms with E-state index in [1.54, 1.807) is 26.0 Å². The third-order valence-electron chi connectivity index (χ3n) is 3.02. The number of aryl methyl sites for hydroxylation is 1. The molecule has 0 radical (unpaired) electrons. The smallest absolute Gasteiger partial charge is 0.307 e. The van der Waals surface area contributed by atoms with Crippen molar-refractivity contribution < 1.29 is 23.1 Å². The molecule has 1 atom stereocenters. The normalized spacial score (nSPS) is 13.0. The van der Waals surface area contributed by atoms with E-state index in [0.29, 0.717) is 11.1 Å². The van der Waals surface area contributed by atoms with E-state index in [0.717, 1.165) is 0 Å². The van der Waals surface area contributed by atoms with Gasteiger partial charge >= 0.3 is 5.97 Å². The Kier molecular flexibility index (Phi) is 5.71. The highest BCUT2D eigenvalue weighted by Crippen LogP contribution is 2.23. The zero-order valence-electron chi connectivity index (χ0n) is 11.9. The summed E-state index contributed by atoms with van der Waals surface area (Å²) in [6.07, 6.45) is -0.169. The molecule has 1 rings (SSSR count). The van der Waals surface area contributed by atoms with E-state index in [-0.39, 0.29) is 24.5 Å². The van der Waals surface area contributed by atoms with Crippen LogP contribution >= 0.6 is 0 Å². The van der Waals surface area contributed by atoms with Gasteiger partial charge in [-0.3, -0.25) is 4.79 Å². The Morgan fingerprint density at radius 2 is 2.05 bits per heavy atom. The summed E-state index contributed by atoms with van der Waals surface area (Å²) in [5.41, 5.74) is 1.21. The van der Waals surface area contributed by atoms with Gasteiger partial charge in [-0.1, -0.05) is 12.1 Å². The number of hydrogen-bond acceptors (Lipinski definition) is 5. The molecular formula is C14H20O5S. The van der Waals surface area contributed by atoms with Gasteiger partial charge in [0.2, 0.25) is 0 Å². The number of hydrogen-bond donors (Lipinski definition) is 1. The van der Waals surface area contributed by atoms with Gasteiger partial charge in [-0.15, -0.1) is 0 Å². The van der Waals surface area contributed by atoms with Gasteiger partial charge in [-0.2, -0.15) is 0 Å². The molecule has 0 aliphatic carbocycles. The lowest BCUT2D eigenvalue weighted by atomic mass is 10.1. The minimum Gasteiger partial charge on any atom is -0.466 e. The molecule has 0 aliphatic heterocycles. The van der Waals surface area contributed by atoms with E-state index in [1.165, 1.54) is 13.0 Å². The minimum absolute atomic E-state index is 0.139. The summed E-state index contributed by atoms with van der Waals surface area (Å²) >= 11 is 0. The number of esters is 1. The van der Waals surface area contributed by atoms with E-state index in [1.807, 2.05) is 0 Å². The van der Waals surface area contributed by atoms with Crippen LogP contribution in [0.4, 0.5) is 0 Å². The van der Waals surface area contributed by atoms with Gasteiger partial charge in [0.25, 0.3) is 0 Å². The Hall–Kier alpha value is -1.40. The molecule has 0 fully saturated rings. The highest BCUT2D eigenvalue weighted by molar-refractivity contribution is 7.92. The monoisotopic (exact) mass is 300 g/mol. The topological polar surface area (TPSA) is 80.7 Å². The molecule has 1 N–H and O–H groups in total. The van der Waals surface area contributed by atoms with Crippen LogP contribution in [0.15, 0.2) is 23.1 Å². The molecule has 0 saturated carbocycles. The number of aliphatic hydroxyl groups is 1. The summed E-state index contributed by atoms with van der Waals surface area (Å²) in [7, 11) is -3.59. The maximum Gasteiger partial charge on any atom is 0.307 e. The SMILES string of the molecule is CCOC(=O)CC(C)S(=O)(=O)c1ccc(CO)cc1C. The standard InChI is InChI=1S/C14H20O5S/c1-4-19-14(16)8-11(3)20(17,18)13-6-5-12(9-15)7-10(13)2/h5-7,11,15H,4,8-9H2,1-3H3. The molecule has 1 aromatic rings. The molecule has 0 amide bonds. The second-order valence-electron chi connectivity index (χ2n) is 4.62. The number of ether oxygens (including phenoxy) is 1. The maximum atomic E-state index is 12.4. The minimum atomic E-state index is -3.59. The number of rotatable bonds is 6. The van der Waals surface area contributed by atoms with Crippen LogP contribution in [0.1, 0.15) is 31.4 Å². The maximum absolute atomic E-state index is 12.4. The van der Waals surface area contributed by atoms with Crippen molar-refractivity contribution in [1.82, 2.24) is 0 Å². The van der Waals surface area contributed by atoms with E-state index in [4.69, 9.17) is 9.84 Å². The average Bonchev–Trinajstić information content (AvgIpc) is 2.38. The average molecular weight is 300 g/mol. The van der Waals surface area contributed by atoms with Gasteiger partial charge in [-0.25, -0.2) is 8.42 Å².